The predicted molar refractivity (Wildman–Crippen MR) is 111 cm³/mol. The van der Waals surface area contributed by atoms with Gasteiger partial charge in [-0.05, 0) is 36.4 Å². The van der Waals surface area contributed by atoms with Gasteiger partial charge in [-0.15, -0.1) is 0 Å². The van der Waals surface area contributed by atoms with Crippen molar-refractivity contribution >= 4 is 34.8 Å². The highest BCUT2D eigenvalue weighted by atomic mass is 35.5. The van der Waals surface area contributed by atoms with E-state index in [0.717, 1.165) is 18.8 Å². The number of aromatic nitrogens is 2. The van der Waals surface area contributed by atoms with Crippen molar-refractivity contribution in [2.45, 2.75) is 0 Å². The Morgan fingerprint density at radius 1 is 0.893 bits per heavy atom. The van der Waals surface area contributed by atoms with Crippen LogP contribution in [0.4, 0.5) is 17.3 Å². The molecule has 0 spiro atoms. The Hall–Kier alpha value is -3.12. The van der Waals surface area contributed by atoms with Gasteiger partial charge in [0.1, 0.15) is 0 Å². The van der Waals surface area contributed by atoms with Crippen LogP contribution in [-0.4, -0.2) is 47.0 Å². The molecular weight excluding hydrogens is 374 g/mol. The highest BCUT2D eigenvalue weighted by Gasteiger charge is 2.22. The van der Waals surface area contributed by atoms with Gasteiger partial charge in [-0.25, -0.2) is 9.97 Å². The van der Waals surface area contributed by atoms with Crippen molar-refractivity contribution in [2.75, 3.05) is 36.4 Å². The Morgan fingerprint density at radius 2 is 1.54 bits per heavy atom. The Kier molecular flexibility index (Phi) is 5.39. The van der Waals surface area contributed by atoms with Crippen molar-refractivity contribution in [3.63, 3.8) is 0 Å². The summed E-state index contributed by atoms with van der Waals surface area (Å²) >= 11 is 5.88. The molecule has 0 saturated carbocycles. The van der Waals surface area contributed by atoms with Crippen LogP contribution in [0.15, 0.2) is 67.0 Å². The molecule has 7 heteroatoms. The number of para-hydroxylation sites is 1. The number of hydrogen-bond donors (Lipinski definition) is 1. The number of hydrogen-bond acceptors (Lipinski definition) is 5. The summed E-state index contributed by atoms with van der Waals surface area (Å²) in [7, 11) is 0. The number of anilines is 3. The van der Waals surface area contributed by atoms with E-state index < -0.39 is 0 Å². The minimum atomic E-state index is -0.0363. The van der Waals surface area contributed by atoms with Gasteiger partial charge in [-0.3, -0.25) is 4.79 Å². The van der Waals surface area contributed by atoms with Crippen LogP contribution in [0.25, 0.3) is 0 Å². The molecule has 0 radical (unpaired) electrons. The van der Waals surface area contributed by atoms with Gasteiger partial charge in [0.25, 0.3) is 5.91 Å². The third-order valence-corrected chi connectivity index (χ3v) is 4.94. The fourth-order valence-corrected chi connectivity index (χ4v) is 3.28. The van der Waals surface area contributed by atoms with E-state index in [9.17, 15) is 4.79 Å². The van der Waals surface area contributed by atoms with Gasteiger partial charge < -0.3 is 15.1 Å². The van der Waals surface area contributed by atoms with Gasteiger partial charge in [0, 0.05) is 55.0 Å². The maximum atomic E-state index is 12.7. The summed E-state index contributed by atoms with van der Waals surface area (Å²) in [5, 5.41) is 3.75. The average Bonchev–Trinajstić information content (AvgIpc) is 2.76. The summed E-state index contributed by atoms with van der Waals surface area (Å²) in [6.07, 6.45) is 3.13. The van der Waals surface area contributed by atoms with E-state index in [1.807, 2.05) is 35.2 Å². The van der Waals surface area contributed by atoms with Gasteiger partial charge in [-0.1, -0.05) is 29.8 Å². The standard InChI is InChI=1S/C21H20ClN5O/c22-17-6-8-18(9-7-17)25-21-23-14-16(15-24-21)20(28)27-12-10-26(11-13-27)19-4-2-1-3-5-19/h1-9,14-15H,10-13H2,(H,23,24,25). The summed E-state index contributed by atoms with van der Waals surface area (Å²) in [6.45, 7) is 2.98. The number of benzene rings is 2. The molecule has 2 aromatic carbocycles. The van der Waals surface area contributed by atoms with E-state index in [1.165, 1.54) is 5.69 Å². The monoisotopic (exact) mass is 393 g/mol. The zero-order valence-electron chi connectivity index (χ0n) is 15.3. The van der Waals surface area contributed by atoms with E-state index in [1.54, 1.807) is 24.5 Å². The molecule has 1 amide bonds. The Morgan fingerprint density at radius 3 is 2.18 bits per heavy atom. The maximum Gasteiger partial charge on any atom is 0.257 e. The molecule has 0 aliphatic carbocycles. The number of nitrogens with one attached hydrogen (secondary N) is 1. The highest BCUT2D eigenvalue weighted by molar-refractivity contribution is 6.30. The highest BCUT2D eigenvalue weighted by Crippen LogP contribution is 2.18. The second-order valence-electron chi connectivity index (χ2n) is 6.54. The van der Waals surface area contributed by atoms with Crippen LogP contribution < -0.4 is 10.2 Å². The van der Waals surface area contributed by atoms with Crippen molar-refractivity contribution < 1.29 is 4.79 Å². The van der Waals surface area contributed by atoms with Crippen molar-refractivity contribution in [1.82, 2.24) is 14.9 Å². The number of amides is 1. The molecule has 1 aliphatic heterocycles. The first kappa shape index (κ1) is 18.3. The fourth-order valence-electron chi connectivity index (χ4n) is 3.15. The topological polar surface area (TPSA) is 61.4 Å². The summed E-state index contributed by atoms with van der Waals surface area (Å²) in [4.78, 5) is 25.4. The summed E-state index contributed by atoms with van der Waals surface area (Å²) in [6, 6.07) is 17.5. The lowest BCUT2D eigenvalue weighted by molar-refractivity contribution is 0.0746. The quantitative estimate of drug-likeness (QED) is 0.729. The SMILES string of the molecule is O=C(c1cnc(Nc2ccc(Cl)cc2)nc1)N1CCN(c2ccccc2)CC1. The summed E-state index contributed by atoms with van der Waals surface area (Å²) in [5.41, 5.74) is 2.52. The maximum absolute atomic E-state index is 12.7. The normalized spacial score (nSPS) is 14.0. The van der Waals surface area contributed by atoms with Crippen LogP contribution in [-0.2, 0) is 0 Å². The van der Waals surface area contributed by atoms with Gasteiger partial charge in [0.15, 0.2) is 0 Å². The van der Waals surface area contributed by atoms with Gasteiger partial charge in [-0.2, -0.15) is 0 Å². The minimum absolute atomic E-state index is 0.0363. The minimum Gasteiger partial charge on any atom is -0.368 e. The molecule has 0 unspecified atom stereocenters. The molecule has 0 atom stereocenters. The Labute approximate surface area is 168 Å². The summed E-state index contributed by atoms with van der Waals surface area (Å²) in [5.74, 6) is 0.401. The van der Waals surface area contributed by atoms with Crippen LogP contribution in [0, 0.1) is 0 Å². The molecule has 1 saturated heterocycles. The molecule has 1 aromatic heterocycles. The smallest absolute Gasteiger partial charge is 0.257 e. The fraction of sp³-hybridized carbons (Fsp3) is 0.190. The first-order valence-corrected chi connectivity index (χ1v) is 9.51. The van der Waals surface area contributed by atoms with E-state index in [0.29, 0.717) is 29.6 Å². The third-order valence-electron chi connectivity index (χ3n) is 4.69. The molecule has 0 bridgehead atoms. The number of carbonyl (C=O) groups is 1. The first-order chi connectivity index (χ1) is 13.7. The molecule has 28 heavy (non-hydrogen) atoms. The van der Waals surface area contributed by atoms with Crippen molar-refractivity contribution in [1.29, 1.82) is 0 Å². The van der Waals surface area contributed by atoms with Crippen molar-refractivity contribution in [3.8, 4) is 0 Å². The lowest BCUT2D eigenvalue weighted by Crippen LogP contribution is -2.48. The third kappa shape index (κ3) is 4.23. The number of rotatable bonds is 4. The zero-order chi connectivity index (χ0) is 19.3. The molecule has 1 fully saturated rings. The number of halogens is 1. The Bertz CT molecular complexity index is 923. The first-order valence-electron chi connectivity index (χ1n) is 9.13. The summed E-state index contributed by atoms with van der Waals surface area (Å²) < 4.78 is 0. The molecule has 142 valence electrons. The second-order valence-corrected chi connectivity index (χ2v) is 6.98. The number of piperazine rings is 1. The molecule has 2 heterocycles. The van der Waals surface area contributed by atoms with Crippen LogP contribution in [0.3, 0.4) is 0 Å². The Balaban J connectivity index is 1.35. The van der Waals surface area contributed by atoms with Crippen molar-refractivity contribution in [2.24, 2.45) is 0 Å². The van der Waals surface area contributed by atoms with Crippen LogP contribution in [0.1, 0.15) is 10.4 Å². The molecule has 1 N–H and O–H groups in total. The van der Waals surface area contributed by atoms with Crippen LogP contribution in [0.5, 0.6) is 0 Å². The molecule has 3 aromatic rings. The van der Waals surface area contributed by atoms with E-state index in [4.69, 9.17) is 11.6 Å². The lowest BCUT2D eigenvalue weighted by Gasteiger charge is -2.36. The number of nitrogens with zero attached hydrogens (tertiary/aromatic N) is 4. The zero-order valence-corrected chi connectivity index (χ0v) is 16.0. The molecule has 4 rings (SSSR count). The molecule has 6 nitrogen and oxygen atoms in total. The van der Waals surface area contributed by atoms with Crippen molar-refractivity contribution in [3.05, 3.63) is 77.6 Å². The predicted octanol–water partition coefficient (Wildman–Crippen LogP) is 3.84. The van der Waals surface area contributed by atoms with Gasteiger partial charge in [0.05, 0.1) is 5.56 Å². The van der Waals surface area contributed by atoms with E-state index >= 15 is 0 Å². The van der Waals surface area contributed by atoms with Gasteiger partial charge >= 0.3 is 0 Å². The molecule has 1 aliphatic rings. The van der Waals surface area contributed by atoms with Crippen LogP contribution >= 0.6 is 11.6 Å². The van der Waals surface area contributed by atoms with E-state index in [2.05, 4.69) is 32.3 Å². The van der Waals surface area contributed by atoms with Gasteiger partial charge in [0.2, 0.25) is 5.95 Å². The number of carbonyl (C=O) groups excluding carboxylic acids is 1. The van der Waals surface area contributed by atoms with E-state index in [-0.39, 0.29) is 5.91 Å². The second kappa shape index (κ2) is 8.27. The van der Waals surface area contributed by atoms with Crippen LogP contribution in [0.2, 0.25) is 5.02 Å². The largest absolute Gasteiger partial charge is 0.368 e. The average molecular weight is 394 g/mol. The molecular formula is C21H20ClN5O. The lowest BCUT2D eigenvalue weighted by atomic mass is 10.2.